The van der Waals surface area contributed by atoms with Gasteiger partial charge in [-0.05, 0) is 44.4 Å². The summed E-state index contributed by atoms with van der Waals surface area (Å²) in [6, 6.07) is 3.87. The summed E-state index contributed by atoms with van der Waals surface area (Å²) in [5, 5.41) is 3.38. The summed E-state index contributed by atoms with van der Waals surface area (Å²) in [6.07, 6.45) is 3.91. The van der Waals surface area contributed by atoms with Crippen LogP contribution in [0.25, 0.3) is 0 Å². The maximum atomic E-state index is 13.8. The normalized spacial score (nSPS) is 26.2. The van der Waals surface area contributed by atoms with E-state index in [4.69, 9.17) is 0 Å². The summed E-state index contributed by atoms with van der Waals surface area (Å²) in [4.78, 5) is 14.1. The molecule has 1 aromatic carbocycles. The van der Waals surface area contributed by atoms with Gasteiger partial charge in [-0.15, -0.1) is 0 Å². The van der Waals surface area contributed by atoms with Gasteiger partial charge in [-0.25, -0.2) is 8.78 Å². The minimum absolute atomic E-state index is 0.0593. The van der Waals surface area contributed by atoms with Gasteiger partial charge in [0.1, 0.15) is 17.2 Å². The SMILES string of the molecule is O=C(c1c(F)cccc1F)N1CCCC1C1CCCN1. The molecule has 3 rings (SSSR count). The molecule has 2 unspecified atom stereocenters. The minimum atomic E-state index is -0.778. The molecule has 0 aromatic heterocycles. The van der Waals surface area contributed by atoms with Gasteiger partial charge in [0.05, 0.1) is 0 Å². The Bertz CT molecular complexity index is 494. The van der Waals surface area contributed by atoms with Crippen LogP contribution in [0.3, 0.4) is 0 Å². The lowest BCUT2D eigenvalue weighted by Gasteiger charge is -2.29. The van der Waals surface area contributed by atoms with E-state index >= 15 is 0 Å². The van der Waals surface area contributed by atoms with E-state index in [0.717, 1.165) is 44.4 Å². The van der Waals surface area contributed by atoms with E-state index in [-0.39, 0.29) is 12.1 Å². The van der Waals surface area contributed by atoms with Gasteiger partial charge in [0.15, 0.2) is 0 Å². The zero-order valence-corrected chi connectivity index (χ0v) is 11.2. The molecule has 5 heteroatoms. The molecule has 20 heavy (non-hydrogen) atoms. The summed E-state index contributed by atoms with van der Waals surface area (Å²) in [5.74, 6) is -2.07. The molecule has 108 valence electrons. The van der Waals surface area contributed by atoms with Gasteiger partial charge < -0.3 is 10.2 Å². The molecule has 1 N–H and O–H groups in total. The topological polar surface area (TPSA) is 32.3 Å². The number of nitrogens with one attached hydrogen (secondary N) is 1. The van der Waals surface area contributed by atoms with Gasteiger partial charge in [-0.3, -0.25) is 4.79 Å². The Morgan fingerprint density at radius 3 is 2.60 bits per heavy atom. The lowest BCUT2D eigenvalue weighted by atomic mass is 10.0. The second-order valence-electron chi connectivity index (χ2n) is 5.51. The van der Waals surface area contributed by atoms with Crippen LogP contribution in [0, 0.1) is 11.6 Å². The van der Waals surface area contributed by atoms with Crippen molar-refractivity contribution in [2.24, 2.45) is 0 Å². The fourth-order valence-electron chi connectivity index (χ4n) is 3.35. The largest absolute Gasteiger partial charge is 0.334 e. The number of rotatable bonds is 2. The summed E-state index contributed by atoms with van der Waals surface area (Å²) in [7, 11) is 0. The first kappa shape index (κ1) is 13.5. The van der Waals surface area contributed by atoms with Crippen LogP contribution >= 0.6 is 0 Å². The van der Waals surface area contributed by atoms with Crippen molar-refractivity contribution in [1.29, 1.82) is 0 Å². The highest BCUT2D eigenvalue weighted by Crippen LogP contribution is 2.27. The Labute approximate surface area is 117 Å². The molecular formula is C15H18F2N2O. The van der Waals surface area contributed by atoms with Gasteiger partial charge in [0, 0.05) is 18.6 Å². The van der Waals surface area contributed by atoms with Crippen molar-refractivity contribution >= 4 is 5.91 Å². The molecule has 3 nitrogen and oxygen atoms in total. The van der Waals surface area contributed by atoms with E-state index in [1.165, 1.54) is 6.07 Å². The predicted molar refractivity (Wildman–Crippen MR) is 71.4 cm³/mol. The third-order valence-corrected chi connectivity index (χ3v) is 4.30. The molecule has 0 bridgehead atoms. The smallest absolute Gasteiger partial charge is 0.260 e. The monoisotopic (exact) mass is 280 g/mol. The van der Waals surface area contributed by atoms with Crippen molar-refractivity contribution in [2.75, 3.05) is 13.1 Å². The lowest BCUT2D eigenvalue weighted by Crippen LogP contribution is -2.47. The first-order chi connectivity index (χ1) is 9.68. The van der Waals surface area contributed by atoms with Crippen LogP contribution in [0.4, 0.5) is 8.78 Å². The third kappa shape index (κ3) is 2.30. The molecule has 0 spiro atoms. The highest BCUT2D eigenvalue weighted by Gasteiger charge is 2.37. The zero-order chi connectivity index (χ0) is 14.1. The maximum absolute atomic E-state index is 13.8. The average Bonchev–Trinajstić information content (AvgIpc) is 3.09. The second kappa shape index (κ2) is 5.48. The number of likely N-dealkylation sites (tertiary alicyclic amines) is 1. The first-order valence-corrected chi connectivity index (χ1v) is 7.17. The maximum Gasteiger partial charge on any atom is 0.260 e. The number of nitrogens with zero attached hydrogens (tertiary/aromatic N) is 1. The van der Waals surface area contributed by atoms with E-state index in [0.29, 0.717) is 6.54 Å². The average molecular weight is 280 g/mol. The molecule has 2 saturated heterocycles. The molecule has 2 heterocycles. The van der Waals surface area contributed by atoms with Crippen molar-refractivity contribution in [3.8, 4) is 0 Å². The number of halogens is 2. The highest BCUT2D eigenvalue weighted by atomic mass is 19.1. The van der Waals surface area contributed by atoms with E-state index in [9.17, 15) is 13.6 Å². The van der Waals surface area contributed by atoms with Crippen LogP contribution in [0.5, 0.6) is 0 Å². The quantitative estimate of drug-likeness (QED) is 0.901. The van der Waals surface area contributed by atoms with Gasteiger partial charge in [-0.1, -0.05) is 6.07 Å². The molecule has 0 saturated carbocycles. The minimum Gasteiger partial charge on any atom is -0.334 e. The van der Waals surface area contributed by atoms with Crippen molar-refractivity contribution in [3.63, 3.8) is 0 Å². The van der Waals surface area contributed by atoms with E-state index < -0.39 is 23.1 Å². The Morgan fingerprint density at radius 1 is 1.20 bits per heavy atom. The molecule has 0 aliphatic carbocycles. The number of hydrogen-bond acceptors (Lipinski definition) is 2. The van der Waals surface area contributed by atoms with Crippen molar-refractivity contribution in [2.45, 2.75) is 37.8 Å². The van der Waals surface area contributed by atoms with Crippen LogP contribution in [0.15, 0.2) is 18.2 Å². The van der Waals surface area contributed by atoms with Crippen molar-refractivity contribution in [3.05, 3.63) is 35.4 Å². The molecule has 2 aliphatic rings. The second-order valence-corrected chi connectivity index (χ2v) is 5.51. The van der Waals surface area contributed by atoms with Gasteiger partial charge >= 0.3 is 0 Å². The number of carbonyl (C=O) groups excluding carboxylic acids is 1. The fourth-order valence-corrected chi connectivity index (χ4v) is 3.35. The Balaban J connectivity index is 1.85. The summed E-state index contributed by atoms with van der Waals surface area (Å²) < 4.78 is 27.5. The van der Waals surface area contributed by atoms with Gasteiger partial charge in [0.25, 0.3) is 5.91 Å². The van der Waals surface area contributed by atoms with Crippen molar-refractivity contribution < 1.29 is 13.6 Å². The van der Waals surface area contributed by atoms with E-state index in [2.05, 4.69) is 5.32 Å². The third-order valence-electron chi connectivity index (χ3n) is 4.30. The van der Waals surface area contributed by atoms with Crippen LogP contribution in [0.1, 0.15) is 36.0 Å². The first-order valence-electron chi connectivity index (χ1n) is 7.17. The highest BCUT2D eigenvalue weighted by molar-refractivity contribution is 5.95. The Hall–Kier alpha value is -1.49. The number of carbonyl (C=O) groups is 1. The van der Waals surface area contributed by atoms with Crippen molar-refractivity contribution in [1.82, 2.24) is 10.2 Å². The van der Waals surface area contributed by atoms with E-state index in [1.807, 2.05) is 0 Å². The molecule has 2 atom stereocenters. The molecule has 2 aliphatic heterocycles. The van der Waals surface area contributed by atoms with Crippen LogP contribution < -0.4 is 5.32 Å². The van der Waals surface area contributed by atoms with Gasteiger partial charge in [-0.2, -0.15) is 0 Å². The molecule has 2 fully saturated rings. The van der Waals surface area contributed by atoms with Gasteiger partial charge in [0.2, 0.25) is 0 Å². The van der Waals surface area contributed by atoms with Crippen LogP contribution in [-0.2, 0) is 0 Å². The van der Waals surface area contributed by atoms with Crippen LogP contribution in [0.2, 0.25) is 0 Å². The number of hydrogen-bond donors (Lipinski definition) is 1. The summed E-state index contributed by atoms with van der Waals surface area (Å²) in [5.41, 5.74) is -0.419. The summed E-state index contributed by atoms with van der Waals surface area (Å²) in [6.45, 7) is 1.53. The van der Waals surface area contributed by atoms with E-state index in [1.54, 1.807) is 4.90 Å². The van der Waals surface area contributed by atoms with Crippen LogP contribution in [-0.4, -0.2) is 36.0 Å². The predicted octanol–water partition coefficient (Wildman–Crippen LogP) is 2.32. The Kier molecular flexibility index (Phi) is 3.70. The number of benzene rings is 1. The molecule has 0 radical (unpaired) electrons. The molecule has 1 amide bonds. The zero-order valence-electron chi connectivity index (χ0n) is 11.2. The Morgan fingerprint density at radius 2 is 1.95 bits per heavy atom. The molecule has 1 aromatic rings. The number of amides is 1. The lowest BCUT2D eigenvalue weighted by molar-refractivity contribution is 0.0701. The fraction of sp³-hybridized carbons (Fsp3) is 0.533. The summed E-state index contributed by atoms with van der Waals surface area (Å²) >= 11 is 0. The molecular weight excluding hydrogens is 262 g/mol. The standard InChI is InChI=1S/C15H18F2N2O/c16-10-4-1-5-11(17)14(10)15(20)19-9-3-7-13(19)12-6-2-8-18-12/h1,4-5,12-13,18H,2-3,6-9H2.